The number of nitrogens with zero attached hydrogens (tertiary/aromatic N) is 3. The van der Waals surface area contributed by atoms with E-state index in [-0.39, 0.29) is 0 Å². The molecule has 1 aromatic heterocycles. The Morgan fingerprint density at radius 1 is 1.50 bits per heavy atom. The average molecular weight is 250 g/mol. The summed E-state index contributed by atoms with van der Waals surface area (Å²) in [6.45, 7) is 6.72. The molecule has 1 aromatic rings. The fourth-order valence-corrected chi connectivity index (χ4v) is 3.18. The number of nitrogens with one attached hydrogen (secondary N) is 1. The first-order chi connectivity index (χ1) is 8.65. The summed E-state index contributed by atoms with van der Waals surface area (Å²) < 4.78 is 2.31. The second kappa shape index (κ2) is 5.85. The minimum atomic E-state index is 0.480. The van der Waals surface area contributed by atoms with E-state index in [0.717, 1.165) is 6.54 Å². The summed E-state index contributed by atoms with van der Waals surface area (Å²) >= 11 is 0. The third-order valence-electron chi connectivity index (χ3n) is 4.03. The number of hydrogen-bond donors (Lipinski definition) is 1. The molecule has 0 saturated carbocycles. The van der Waals surface area contributed by atoms with Gasteiger partial charge in [0.05, 0.1) is 18.1 Å². The van der Waals surface area contributed by atoms with Crippen LogP contribution in [-0.2, 0) is 0 Å². The van der Waals surface area contributed by atoms with E-state index in [4.69, 9.17) is 0 Å². The molecule has 1 fully saturated rings. The monoisotopic (exact) mass is 250 g/mol. The van der Waals surface area contributed by atoms with Gasteiger partial charge in [0.15, 0.2) is 0 Å². The Hall–Kier alpha value is -0.870. The molecule has 0 bridgehead atoms. The molecule has 0 amide bonds. The van der Waals surface area contributed by atoms with Crippen LogP contribution in [0.4, 0.5) is 0 Å². The molecule has 2 atom stereocenters. The minimum absolute atomic E-state index is 0.480. The first-order valence-corrected chi connectivity index (χ1v) is 7.01. The highest BCUT2D eigenvalue weighted by molar-refractivity contribution is 5.10. The Morgan fingerprint density at radius 3 is 2.94 bits per heavy atom. The highest BCUT2D eigenvalue weighted by Gasteiger charge is 2.32. The molecule has 0 radical (unpaired) electrons. The molecule has 2 rings (SSSR count). The highest BCUT2D eigenvalue weighted by atomic mass is 15.2. The van der Waals surface area contributed by atoms with Gasteiger partial charge in [-0.1, -0.05) is 0 Å². The number of likely N-dealkylation sites (tertiary alicyclic amines) is 1. The third-order valence-corrected chi connectivity index (χ3v) is 4.03. The van der Waals surface area contributed by atoms with Crippen molar-refractivity contribution < 1.29 is 0 Å². The van der Waals surface area contributed by atoms with Gasteiger partial charge in [-0.15, -0.1) is 0 Å². The van der Waals surface area contributed by atoms with E-state index in [0.29, 0.717) is 18.0 Å². The van der Waals surface area contributed by atoms with E-state index in [1.807, 2.05) is 13.4 Å². The van der Waals surface area contributed by atoms with Crippen molar-refractivity contribution in [2.75, 3.05) is 27.2 Å². The molecule has 102 valence electrons. The molecule has 4 heteroatoms. The Labute approximate surface area is 110 Å². The SMILES string of the molecule is CNCC1CCCN(C)C1c1cncn1C(C)C. The van der Waals surface area contributed by atoms with E-state index >= 15 is 0 Å². The van der Waals surface area contributed by atoms with Crippen LogP contribution in [0.1, 0.15) is 44.5 Å². The van der Waals surface area contributed by atoms with E-state index in [1.54, 1.807) is 0 Å². The summed E-state index contributed by atoms with van der Waals surface area (Å²) in [6, 6.07) is 0.976. The van der Waals surface area contributed by atoms with Gasteiger partial charge >= 0.3 is 0 Å². The molecule has 0 aromatic carbocycles. The Balaban J connectivity index is 2.28. The maximum absolute atomic E-state index is 4.36. The predicted octanol–water partition coefficient (Wildman–Crippen LogP) is 2.07. The molecule has 0 aliphatic carbocycles. The van der Waals surface area contributed by atoms with Crippen molar-refractivity contribution in [1.82, 2.24) is 19.8 Å². The fourth-order valence-electron chi connectivity index (χ4n) is 3.18. The van der Waals surface area contributed by atoms with Gasteiger partial charge in [-0.3, -0.25) is 4.90 Å². The fraction of sp³-hybridized carbons (Fsp3) is 0.786. The molecule has 1 N–H and O–H groups in total. The van der Waals surface area contributed by atoms with Crippen molar-refractivity contribution in [1.29, 1.82) is 0 Å². The normalized spacial score (nSPS) is 25.8. The van der Waals surface area contributed by atoms with Gasteiger partial charge in [0, 0.05) is 12.2 Å². The predicted molar refractivity (Wildman–Crippen MR) is 74.6 cm³/mol. The van der Waals surface area contributed by atoms with E-state index in [1.165, 1.54) is 25.1 Å². The van der Waals surface area contributed by atoms with Crippen LogP contribution in [0, 0.1) is 5.92 Å². The van der Waals surface area contributed by atoms with Crippen molar-refractivity contribution in [2.24, 2.45) is 5.92 Å². The van der Waals surface area contributed by atoms with Crippen LogP contribution >= 0.6 is 0 Å². The average Bonchev–Trinajstić information content (AvgIpc) is 2.78. The van der Waals surface area contributed by atoms with E-state index in [2.05, 4.69) is 46.9 Å². The molecule has 1 aliphatic rings. The van der Waals surface area contributed by atoms with Crippen LogP contribution in [0.15, 0.2) is 12.5 Å². The van der Waals surface area contributed by atoms with Crippen LogP contribution in [0.3, 0.4) is 0 Å². The quantitative estimate of drug-likeness (QED) is 0.888. The maximum atomic E-state index is 4.36. The highest BCUT2D eigenvalue weighted by Crippen LogP contribution is 2.35. The smallest absolute Gasteiger partial charge is 0.0951 e. The molecule has 4 nitrogen and oxygen atoms in total. The summed E-state index contributed by atoms with van der Waals surface area (Å²) in [7, 11) is 4.29. The summed E-state index contributed by atoms with van der Waals surface area (Å²) in [5.74, 6) is 0.683. The lowest BCUT2D eigenvalue weighted by Gasteiger charge is -2.39. The summed E-state index contributed by atoms with van der Waals surface area (Å²) in [5, 5.41) is 3.34. The largest absolute Gasteiger partial charge is 0.331 e. The molecular weight excluding hydrogens is 224 g/mol. The zero-order chi connectivity index (χ0) is 13.1. The van der Waals surface area contributed by atoms with Gasteiger partial charge in [0.2, 0.25) is 0 Å². The van der Waals surface area contributed by atoms with Gasteiger partial charge in [-0.2, -0.15) is 0 Å². The van der Waals surface area contributed by atoms with Crippen molar-refractivity contribution in [3.05, 3.63) is 18.2 Å². The Bertz CT molecular complexity index is 370. The maximum Gasteiger partial charge on any atom is 0.0951 e. The molecule has 2 unspecified atom stereocenters. The first kappa shape index (κ1) is 13.6. The number of piperidine rings is 1. The van der Waals surface area contributed by atoms with Crippen LogP contribution in [0.25, 0.3) is 0 Å². The van der Waals surface area contributed by atoms with Crippen LogP contribution in [-0.4, -0.2) is 41.6 Å². The van der Waals surface area contributed by atoms with Gasteiger partial charge in [0.1, 0.15) is 0 Å². The second-order valence-corrected chi connectivity index (χ2v) is 5.70. The van der Waals surface area contributed by atoms with Crippen molar-refractivity contribution in [2.45, 2.75) is 38.8 Å². The van der Waals surface area contributed by atoms with Crippen LogP contribution in [0.5, 0.6) is 0 Å². The standard InChI is InChI=1S/C14H26N4/c1-11(2)18-10-16-9-13(18)14-12(8-15-3)6-5-7-17(14)4/h9-12,14-15H,5-8H2,1-4H3. The number of imidazole rings is 1. The van der Waals surface area contributed by atoms with Gasteiger partial charge in [-0.25, -0.2) is 4.98 Å². The molecular formula is C14H26N4. The number of rotatable bonds is 4. The second-order valence-electron chi connectivity index (χ2n) is 5.70. The molecule has 18 heavy (non-hydrogen) atoms. The molecule has 1 saturated heterocycles. The number of aromatic nitrogens is 2. The lowest BCUT2D eigenvalue weighted by atomic mass is 9.87. The zero-order valence-electron chi connectivity index (χ0n) is 12.1. The Kier molecular flexibility index (Phi) is 4.40. The van der Waals surface area contributed by atoms with Gasteiger partial charge in [0.25, 0.3) is 0 Å². The van der Waals surface area contributed by atoms with Gasteiger partial charge in [-0.05, 0) is 59.8 Å². The van der Waals surface area contributed by atoms with Crippen molar-refractivity contribution in [3.8, 4) is 0 Å². The lowest BCUT2D eigenvalue weighted by Crippen LogP contribution is -2.40. The van der Waals surface area contributed by atoms with E-state index < -0.39 is 0 Å². The van der Waals surface area contributed by atoms with Gasteiger partial charge < -0.3 is 9.88 Å². The Morgan fingerprint density at radius 2 is 2.28 bits per heavy atom. The molecule has 1 aliphatic heterocycles. The first-order valence-electron chi connectivity index (χ1n) is 7.01. The number of hydrogen-bond acceptors (Lipinski definition) is 3. The molecule has 0 spiro atoms. The lowest BCUT2D eigenvalue weighted by molar-refractivity contribution is 0.113. The summed E-state index contributed by atoms with van der Waals surface area (Å²) in [5.41, 5.74) is 1.37. The third kappa shape index (κ3) is 2.59. The minimum Gasteiger partial charge on any atom is -0.331 e. The molecule has 2 heterocycles. The van der Waals surface area contributed by atoms with Crippen LogP contribution < -0.4 is 5.32 Å². The van der Waals surface area contributed by atoms with Crippen LogP contribution in [0.2, 0.25) is 0 Å². The van der Waals surface area contributed by atoms with Crippen molar-refractivity contribution >= 4 is 0 Å². The summed E-state index contributed by atoms with van der Waals surface area (Å²) in [6.07, 6.45) is 6.63. The zero-order valence-corrected chi connectivity index (χ0v) is 12.1. The topological polar surface area (TPSA) is 33.1 Å². The summed E-state index contributed by atoms with van der Waals surface area (Å²) in [4.78, 5) is 6.85. The van der Waals surface area contributed by atoms with E-state index in [9.17, 15) is 0 Å². The van der Waals surface area contributed by atoms with Crippen molar-refractivity contribution in [3.63, 3.8) is 0 Å².